The monoisotopic (exact) mass is 379 g/mol. The van der Waals surface area contributed by atoms with Crippen LogP contribution in [0.2, 0.25) is 0 Å². The molecule has 0 heterocycles. The van der Waals surface area contributed by atoms with Gasteiger partial charge < -0.3 is 4.74 Å². The van der Waals surface area contributed by atoms with E-state index in [1.807, 2.05) is 0 Å². The minimum atomic E-state index is -3.76. The summed E-state index contributed by atoms with van der Waals surface area (Å²) < 4.78 is 43.9. The van der Waals surface area contributed by atoms with Crippen LogP contribution in [0.3, 0.4) is 0 Å². The summed E-state index contributed by atoms with van der Waals surface area (Å²) in [6.07, 6.45) is 0.173. The Morgan fingerprint density at radius 2 is 1.65 bits per heavy atom. The smallest absolute Gasteiger partial charge is 0.306 e. The maximum absolute atomic E-state index is 12.8. The lowest BCUT2D eigenvalue weighted by atomic mass is 10.1. The van der Waals surface area contributed by atoms with Gasteiger partial charge in [-0.3, -0.25) is 9.59 Å². The first-order valence-corrected chi connectivity index (χ1v) is 9.36. The Kier molecular flexibility index (Phi) is 6.99. The van der Waals surface area contributed by atoms with Crippen molar-refractivity contribution in [3.05, 3.63) is 66.0 Å². The number of carbonyl (C=O) groups excluding carboxylic acids is 2. The lowest BCUT2D eigenvalue weighted by Crippen LogP contribution is -2.25. The van der Waals surface area contributed by atoms with Crippen LogP contribution in [0.25, 0.3) is 0 Å². The van der Waals surface area contributed by atoms with E-state index in [9.17, 15) is 22.4 Å². The third kappa shape index (κ3) is 6.05. The normalized spacial score (nSPS) is 11.1. The SMILES string of the molecule is O=C(CCCNS(=O)(=O)c1ccc(F)cc1)OCC(=O)c1ccccc1. The second-order valence-electron chi connectivity index (χ2n) is 5.41. The van der Waals surface area contributed by atoms with Crippen LogP contribution in [-0.2, 0) is 19.6 Å². The third-order valence-corrected chi connectivity index (χ3v) is 4.91. The Labute approximate surface area is 151 Å². The van der Waals surface area contributed by atoms with Crippen LogP contribution in [0.1, 0.15) is 23.2 Å². The van der Waals surface area contributed by atoms with Gasteiger partial charge in [0.05, 0.1) is 4.90 Å². The zero-order valence-corrected chi connectivity index (χ0v) is 14.7. The zero-order valence-electron chi connectivity index (χ0n) is 13.9. The Morgan fingerprint density at radius 1 is 1.00 bits per heavy atom. The van der Waals surface area contributed by atoms with Gasteiger partial charge in [0.2, 0.25) is 10.0 Å². The molecule has 0 unspecified atom stereocenters. The van der Waals surface area contributed by atoms with Crippen LogP contribution >= 0.6 is 0 Å². The largest absolute Gasteiger partial charge is 0.457 e. The number of hydrogen-bond donors (Lipinski definition) is 1. The summed E-state index contributed by atoms with van der Waals surface area (Å²) in [6, 6.07) is 12.9. The molecular weight excluding hydrogens is 361 g/mol. The number of nitrogens with one attached hydrogen (secondary N) is 1. The summed E-state index contributed by atoms with van der Waals surface area (Å²) in [7, 11) is -3.76. The van der Waals surface area contributed by atoms with E-state index in [1.54, 1.807) is 30.3 Å². The van der Waals surface area contributed by atoms with Crippen molar-refractivity contribution in [3.63, 3.8) is 0 Å². The number of rotatable bonds is 9. The molecule has 0 aromatic heterocycles. The van der Waals surface area contributed by atoms with Gasteiger partial charge in [0.1, 0.15) is 5.82 Å². The highest BCUT2D eigenvalue weighted by Gasteiger charge is 2.14. The molecule has 0 aliphatic rings. The first-order valence-electron chi connectivity index (χ1n) is 7.87. The van der Waals surface area contributed by atoms with Crippen molar-refractivity contribution in [2.24, 2.45) is 0 Å². The molecule has 0 saturated heterocycles. The molecule has 8 heteroatoms. The topological polar surface area (TPSA) is 89.5 Å². The van der Waals surface area contributed by atoms with Crippen LogP contribution in [0.15, 0.2) is 59.5 Å². The van der Waals surface area contributed by atoms with E-state index in [2.05, 4.69) is 4.72 Å². The number of ketones is 1. The Balaban J connectivity index is 1.70. The molecule has 0 amide bonds. The van der Waals surface area contributed by atoms with Gasteiger partial charge in [0.15, 0.2) is 12.4 Å². The van der Waals surface area contributed by atoms with Gasteiger partial charge in [0.25, 0.3) is 0 Å². The lowest BCUT2D eigenvalue weighted by molar-refractivity contribution is -0.142. The van der Waals surface area contributed by atoms with Crippen molar-refractivity contribution >= 4 is 21.8 Å². The van der Waals surface area contributed by atoms with Gasteiger partial charge in [-0.15, -0.1) is 0 Å². The molecule has 2 aromatic rings. The van der Waals surface area contributed by atoms with Gasteiger partial charge in [-0.2, -0.15) is 0 Å². The van der Waals surface area contributed by atoms with E-state index < -0.39 is 21.8 Å². The number of halogens is 1. The number of hydrogen-bond acceptors (Lipinski definition) is 5. The number of sulfonamides is 1. The van der Waals surface area contributed by atoms with E-state index in [-0.39, 0.29) is 36.7 Å². The molecule has 0 aliphatic heterocycles. The quantitative estimate of drug-likeness (QED) is 0.410. The predicted octanol–water partition coefficient (Wildman–Crippen LogP) is 2.31. The molecule has 0 saturated carbocycles. The summed E-state index contributed by atoms with van der Waals surface area (Å²) in [5.41, 5.74) is 0.451. The van der Waals surface area contributed by atoms with Gasteiger partial charge >= 0.3 is 5.97 Å². The molecule has 0 spiro atoms. The first-order chi connectivity index (χ1) is 12.4. The van der Waals surface area contributed by atoms with Crippen LogP contribution in [0.4, 0.5) is 4.39 Å². The zero-order chi connectivity index (χ0) is 19.0. The fraction of sp³-hybridized carbons (Fsp3) is 0.222. The highest BCUT2D eigenvalue weighted by molar-refractivity contribution is 7.89. The van der Waals surface area contributed by atoms with E-state index in [4.69, 9.17) is 4.74 Å². The van der Waals surface area contributed by atoms with Crippen LogP contribution < -0.4 is 4.72 Å². The molecule has 2 rings (SSSR count). The van der Waals surface area contributed by atoms with Gasteiger partial charge in [0, 0.05) is 18.5 Å². The molecule has 138 valence electrons. The maximum atomic E-state index is 12.8. The van der Waals surface area contributed by atoms with E-state index in [0.29, 0.717) is 5.56 Å². The van der Waals surface area contributed by atoms with E-state index in [1.165, 1.54) is 0 Å². The number of carbonyl (C=O) groups is 2. The lowest BCUT2D eigenvalue weighted by Gasteiger charge is -2.07. The molecule has 0 atom stereocenters. The molecular formula is C18H18FNO5S. The van der Waals surface area contributed by atoms with Crippen molar-refractivity contribution in [2.75, 3.05) is 13.2 Å². The Bertz CT molecular complexity index is 851. The van der Waals surface area contributed by atoms with Crippen molar-refractivity contribution in [2.45, 2.75) is 17.7 Å². The Morgan fingerprint density at radius 3 is 2.31 bits per heavy atom. The van der Waals surface area contributed by atoms with Crippen LogP contribution in [0, 0.1) is 5.82 Å². The predicted molar refractivity (Wildman–Crippen MR) is 92.6 cm³/mol. The molecule has 26 heavy (non-hydrogen) atoms. The summed E-state index contributed by atoms with van der Waals surface area (Å²) >= 11 is 0. The van der Waals surface area contributed by atoms with Gasteiger partial charge in [-0.1, -0.05) is 30.3 Å². The minimum absolute atomic E-state index is 0.0153. The number of Topliss-reactive ketones (excluding diaryl/α,β-unsaturated/α-hetero) is 1. The molecule has 0 fully saturated rings. The summed E-state index contributed by atoms with van der Waals surface area (Å²) in [6.45, 7) is -0.342. The number of benzene rings is 2. The Hall–Kier alpha value is -2.58. The summed E-state index contributed by atoms with van der Waals surface area (Å²) in [5.74, 6) is -1.43. The fourth-order valence-corrected chi connectivity index (χ4v) is 3.14. The average Bonchev–Trinajstić information content (AvgIpc) is 2.64. The van der Waals surface area contributed by atoms with Crippen molar-refractivity contribution < 1.29 is 27.1 Å². The van der Waals surface area contributed by atoms with Crippen molar-refractivity contribution in [1.82, 2.24) is 4.72 Å². The van der Waals surface area contributed by atoms with Crippen molar-refractivity contribution in [3.8, 4) is 0 Å². The highest BCUT2D eigenvalue weighted by Crippen LogP contribution is 2.09. The average molecular weight is 379 g/mol. The van der Waals surface area contributed by atoms with Crippen LogP contribution in [-0.4, -0.2) is 33.3 Å². The highest BCUT2D eigenvalue weighted by atomic mass is 32.2. The van der Waals surface area contributed by atoms with Gasteiger partial charge in [-0.05, 0) is 30.7 Å². The molecule has 2 aromatic carbocycles. The summed E-state index contributed by atoms with van der Waals surface area (Å²) in [4.78, 5) is 23.4. The second kappa shape index (κ2) is 9.21. The third-order valence-electron chi connectivity index (χ3n) is 3.43. The maximum Gasteiger partial charge on any atom is 0.306 e. The first kappa shape index (κ1) is 19.7. The van der Waals surface area contributed by atoms with Gasteiger partial charge in [-0.25, -0.2) is 17.5 Å². The molecule has 1 N–H and O–H groups in total. The van der Waals surface area contributed by atoms with E-state index >= 15 is 0 Å². The number of esters is 1. The standard InChI is InChI=1S/C18H18FNO5S/c19-15-8-10-16(11-9-15)26(23,24)20-12-4-7-18(22)25-13-17(21)14-5-2-1-3-6-14/h1-3,5-6,8-11,20H,4,7,12-13H2. The molecule has 6 nitrogen and oxygen atoms in total. The fourth-order valence-electron chi connectivity index (χ4n) is 2.06. The molecule has 0 radical (unpaired) electrons. The van der Waals surface area contributed by atoms with Crippen molar-refractivity contribution in [1.29, 1.82) is 0 Å². The second-order valence-corrected chi connectivity index (χ2v) is 7.17. The summed E-state index contributed by atoms with van der Waals surface area (Å²) in [5, 5.41) is 0. The van der Waals surface area contributed by atoms with E-state index in [0.717, 1.165) is 24.3 Å². The molecule has 0 aliphatic carbocycles. The minimum Gasteiger partial charge on any atom is -0.457 e. The van der Waals surface area contributed by atoms with Crippen LogP contribution in [0.5, 0.6) is 0 Å². The number of ether oxygens (including phenoxy) is 1. The molecule has 0 bridgehead atoms.